The summed E-state index contributed by atoms with van der Waals surface area (Å²) in [5.41, 5.74) is 1.23. The molecule has 1 unspecified atom stereocenters. The van der Waals surface area contributed by atoms with Crippen LogP contribution in [0.3, 0.4) is 0 Å². The van der Waals surface area contributed by atoms with Gasteiger partial charge in [0.1, 0.15) is 0 Å². The first kappa shape index (κ1) is 17.6. The van der Waals surface area contributed by atoms with Crippen molar-refractivity contribution in [2.45, 2.75) is 12.5 Å². The Morgan fingerprint density at radius 1 is 1.30 bits per heavy atom. The Hall–Kier alpha value is -1.80. The highest BCUT2D eigenvalue weighted by Crippen LogP contribution is 2.19. The summed E-state index contributed by atoms with van der Waals surface area (Å²) in [6.45, 7) is 2.75. The van der Waals surface area contributed by atoms with Gasteiger partial charge in [0.25, 0.3) is 0 Å². The van der Waals surface area contributed by atoms with Crippen LogP contribution in [-0.4, -0.2) is 59.9 Å². The molecule has 2 rings (SSSR count). The molecule has 23 heavy (non-hydrogen) atoms. The lowest BCUT2D eigenvalue weighted by molar-refractivity contribution is 0.585. The number of anilines is 1. The molecule has 1 fully saturated rings. The molecule has 128 valence electrons. The molecule has 1 heterocycles. The van der Waals surface area contributed by atoms with E-state index in [0.29, 0.717) is 25.1 Å². The van der Waals surface area contributed by atoms with E-state index in [2.05, 4.69) is 37.4 Å². The molecule has 0 spiro atoms. The van der Waals surface area contributed by atoms with Crippen molar-refractivity contribution < 1.29 is 8.42 Å². The molecular formula is C15H25N5O2S. The van der Waals surface area contributed by atoms with Crippen LogP contribution in [-0.2, 0) is 10.0 Å². The van der Waals surface area contributed by atoms with Gasteiger partial charge in [-0.3, -0.25) is 4.99 Å². The Morgan fingerprint density at radius 3 is 2.70 bits per heavy atom. The highest BCUT2D eigenvalue weighted by atomic mass is 32.2. The Balaban J connectivity index is 1.75. The minimum absolute atomic E-state index is 0.323. The Kier molecular flexibility index (Phi) is 6.23. The summed E-state index contributed by atoms with van der Waals surface area (Å²) in [5, 5.41) is 6.50. The van der Waals surface area contributed by atoms with Gasteiger partial charge in [0.15, 0.2) is 5.96 Å². The molecule has 1 atom stereocenters. The second-order valence-corrected chi connectivity index (χ2v) is 7.41. The number of para-hydroxylation sites is 1. The topological polar surface area (TPSA) is 85.8 Å². The number of guanidine groups is 1. The fourth-order valence-corrected chi connectivity index (χ4v) is 3.03. The number of hydrogen-bond donors (Lipinski definition) is 3. The van der Waals surface area contributed by atoms with Crippen LogP contribution in [0.1, 0.15) is 6.42 Å². The van der Waals surface area contributed by atoms with Crippen molar-refractivity contribution in [3.63, 3.8) is 0 Å². The van der Waals surface area contributed by atoms with E-state index in [-0.39, 0.29) is 0 Å². The second kappa shape index (κ2) is 8.16. The molecule has 0 amide bonds. The van der Waals surface area contributed by atoms with Crippen LogP contribution < -0.4 is 20.3 Å². The summed E-state index contributed by atoms with van der Waals surface area (Å²) in [6.07, 6.45) is 2.19. The van der Waals surface area contributed by atoms with Gasteiger partial charge in [0.05, 0.1) is 6.26 Å². The van der Waals surface area contributed by atoms with E-state index in [0.717, 1.165) is 25.8 Å². The largest absolute Gasteiger partial charge is 0.369 e. The Bertz CT molecular complexity index is 618. The standard InChI is InChI=1S/C15H25N5O2S/c1-16-15(17-9-10-18-23(2,21)22)19-13-8-11-20(12-13)14-6-4-3-5-7-14/h3-7,13,18H,8-12H2,1-2H3,(H2,16,17,19). The zero-order chi connectivity index (χ0) is 16.7. The summed E-state index contributed by atoms with van der Waals surface area (Å²) in [5.74, 6) is 0.695. The Morgan fingerprint density at radius 2 is 2.04 bits per heavy atom. The number of aliphatic imine (C=N–C) groups is 1. The van der Waals surface area contributed by atoms with Crippen LogP contribution in [0, 0.1) is 0 Å². The predicted molar refractivity (Wildman–Crippen MR) is 94.4 cm³/mol. The molecule has 0 radical (unpaired) electrons. The van der Waals surface area contributed by atoms with E-state index >= 15 is 0 Å². The molecule has 3 N–H and O–H groups in total. The van der Waals surface area contributed by atoms with Crippen molar-refractivity contribution in [2.75, 3.05) is 44.4 Å². The third-order valence-corrected chi connectivity index (χ3v) is 4.38. The smallest absolute Gasteiger partial charge is 0.208 e. The van der Waals surface area contributed by atoms with E-state index in [1.165, 1.54) is 5.69 Å². The van der Waals surface area contributed by atoms with Gasteiger partial charge in [-0.15, -0.1) is 0 Å². The van der Waals surface area contributed by atoms with Crippen LogP contribution in [0.2, 0.25) is 0 Å². The van der Waals surface area contributed by atoms with Crippen LogP contribution in [0.4, 0.5) is 5.69 Å². The highest BCUT2D eigenvalue weighted by Gasteiger charge is 2.23. The lowest BCUT2D eigenvalue weighted by Crippen LogP contribution is -2.46. The van der Waals surface area contributed by atoms with Crippen molar-refractivity contribution in [3.05, 3.63) is 30.3 Å². The fourth-order valence-electron chi connectivity index (χ4n) is 2.56. The van der Waals surface area contributed by atoms with Gasteiger partial charge in [0, 0.05) is 45.0 Å². The first-order chi connectivity index (χ1) is 11.0. The van der Waals surface area contributed by atoms with Gasteiger partial charge < -0.3 is 15.5 Å². The molecule has 1 aromatic carbocycles. The second-order valence-electron chi connectivity index (χ2n) is 5.58. The van der Waals surface area contributed by atoms with E-state index in [4.69, 9.17) is 0 Å². The summed E-state index contributed by atoms with van der Waals surface area (Å²) in [4.78, 5) is 6.53. The van der Waals surface area contributed by atoms with Crippen molar-refractivity contribution in [1.29, 1.82) is 0 Å². The van der Waals surface area contributed by atoms with Gasteiger partial charge in [-0.1, -0.05) is 18.2 Å². The van der Waals surface area contributed by atoms with Crippen LogP contribution in [0.5, 0.6) is 0 Å². The van der Waals surface area contributed by atoms with Crippen LogP contribution in [0.25, 0.3) is 0 Å². The molecule has 1 aliphatic rings. The normalized spacial score (nSPS) is 19.0. The molecule has 7 nitrogen and oxygen atoms in total. The third-order valence-electron chi connectivity index (χ3n) is 3.66. The minimum atomic E-state index is -3.15. The number of sulfonamides is 1. The summed E-state index contributed by atoms with van der Waals surface area (Å²) in [7, 11) is -1.43. The molecular weight excluding hydrogens is 314 g/mol. The van der Waals surface area contributed by atoms with Gasteiger partial charge in [-0.2, -0.15) is 0 Å². The quantitative estimate of drug-likeness (QED) is 0.385. The van der Waals surface area contributed by atoms with Crippen molar-refractivity contribution in [2.24, 2.45) is 4.99 Å². The van der Waals surface area contributed by atoms with E-state index in [1.54, 1.807) is 7.05 Å². The van der Waals surface area contributed by atoms with Gasteiger partial charge >= 0.3 is 0 Å². The number of rotatable bonds is 6. The first-order valence-electron chi connectivity index (χ1n) is 7.70. The summed E-state index contributed by atoms with van der Waals surface area (Å²) < 4.78 is 24.5. The third kappa shape index (κ3) is 6.07. The predicted octanol–water partition coefficient (Wildman–Crippen LogP) is -0.0205. The van der Waals surface area contributed by atoms with Gasteiger partial charge in [-0.05, 0) is 18.6 Å². The molecule has 1 aliphatic heterocycles. The zero-order valence-electron chi connectivity index (χ0n) is 13.6. The maximum Gasteiger partial charge on any atom is 0.208 e. The monoisotopic (exact) mass is 339 g/mol. The number of nitrogens with zero attached hydrogens (tertiary/aromatic N) is 2. The van der Waals surface area contributed by atoms with E-state index < -0.39 is 10.0 Å². The number of nitrogens with one attached hydrogen (secondary N) is 3. The van der Waals surface area contributed by atoms with Crippen molar-refractivity contribution in [1.82, 2.24) is 15.4 Å². The molecule has 0 saturated carbocycles. The van der Waals surface area contributed by atoms with E-state index in [9.17, 15) is 8.42 Å². The minimum Gasteiger partial charge on any atom is -0.369 e. The SMILES string of the molecule is CN=C(NCCNS(C)(=O)=O)NC1CCN(c2ccccc2)C1. The molecule has 0 aromatic heterocycles. The molecule has 8 heteroatoms. The van der Waals surface area contributed by atoms with Gasteiger partial charge in [-0.25, -0.2) is 13.1 Å². The van der Waals surface area contributed by atoms with Crippen molar-refractivity contribution >= 4 is 21.7 Å². The molecule has 1 aromatic rings. The summed E-state index contributed by atoms with van der Waals surface area (Å²) >= 11 is 0. The number of hydrogen-bond acceptors (Lipinski definition) is 4. The van der Waals surface area contributed by atoms with Gasteiger partial charge in [0.2, 0.25) is 10.0 Å². The zero-order valence-corrected chi connectivity index (χ0v) is 14.4. The van der Waals surface area contributed by atoms with E-state index in [1.807, 2.05) is 18.2 Å². The maximum atomic E-state index is 11.0. The first-order valence-corrected chi connectivity index (χ1v) is 9.59. The van der Waals surface area contributed by atoms with Crippen LogP contribution in [0.15, 0.2) is 35.3 Å². The molecule has 0 bridgehead atoms. The summed E-state index contributed by atoms with van der Waals surface area (Å²) in [6, 6.07) is 10.7. The Labute approximate surface area is 138 Å². The molecule has 0 aliphatic carbocycles. The average Bonchev–Trinajstić information content (AvgIpc) is 2.99. The number of benzene rings is 1. The lowest BCUT2D eigenvalue weighted by Gasteiger charge is -2.20. The average molecular weight is 339 g/mol. The van der Waals surface area contributed by atoms with Crippen molar-refractivity contribution in [3.8, 4) is 0 Å². The maximum absolute atomic E-state index is 11.0. The van der Waals surface area contributed by atoms with Crippen LogP contribution >= 0.6 is 0 Å². The highest BCUT2D eigenvalue weighted by molar-refractivity contribution is 7.88. The lowest BCUT2D eigenvalue weighted by atomic mass is 10.3. The molecule has 1 saturated heterocycles. The fraction of sp³-hybridized carbons (Fsp3) is 0.533.